The molecule has 0 radical (unpaired) electrons. The first-order valence-corrected chi connectivity index (χ1v) is 9.52. The number of anilines is 1. The van der Waals surface area contributed by atoms with Crippen LogP contribution in [0.3, 0.4) is 0 Å². The molecule has 1 amide bonds. The van der Waals surface area contributed by atoms with Crippen LogP contribution in [-0.2, 0) is 4.79 Å². The van der Waals surface area contributed by atoms with E-state index in [2.05, 4.69) is 32.8 Å². The van der Waals surface area contributed by atoms with Crippen molar-refractivity contribution < 1.29 is 9.90 Å². The molecule has 0 spiro atoms. The van der Waals surface area contributed by atoms with Crippen LogP contribution in [0.4, 0.5) is 5.82 Å². The lowest BCUT2D eigenvalue weighted by Crippen LogP contribution is -2.34. The second-order valence-corrected chi connectivity index (χ2v) is 6.65. The average Bonchev–Trinajstić information content (AvgIpc) is 3.11. The van der Waals surface area contributed by atoms with E-state index in [1.165, 1.54) is 0 Å². The maximum absolute atomic E-state index is 12.2. The van der Waals surface area contributed by atoms with Gasteiger partial charge in [0.2, 0.25) is 5.91 Å². The lowest BCUT2D eigenvalue weighted by Gasteiger charge is -2.19. The number of carbonyl (C=O) groups is 1. The molecular weight excluding hydrogens is 348 g/mol. The van der Waals surface area contributed by atoms with E-state index in [4.69, 9.17) is 5.11 Å². The minimum absolute atomic E-state index is 0.0190. The van der Waals surface area contributed by atoms with Crippen molar-refractivity contribution in [2.75, 3.05) is 31.6 Å². The Labute approximate surface area is 156 Å². The van der Waals surface area contributed by atoms with Crippen LogP contribution >= 0.6 is 11.3 Å². The van der Waals surface area contributed by atoms with Crippen LogP contribution in [0.25, 0.3) is 21.3 Å². The smallest absolute Gasteiger partial charge is 0.224 e. The van der Waals surface area contributed by atoms with Gasteiger partial charge in [-0.05, 0) is 12.5 Å². The van der Waals surface area contributed by atoms with Crippen molar-refractivity contribution in [2.45, 2.75) is 13.3 Å². The zero-order valence-electron chi connectivity index (χ0n) is 14.7. The number of hydrogen-bond donors (Lipinski definition) is 2. The number of amides is 1. The van der Waals surface area contributed by atoms with E-state index >= 15 is 0 Å². The number of carbonyl (C=O) groups excluding carboxylic acids is 1. The predicted octanol–water partition coefficient (Wildman–Crippen LogP) is 3.00. The summed E-state index contributed by atoms with van der Waals surface area (Å²) in [5, 5.41) is 15.4. The second kappa shape index (κ2) is 8.73. The molecule has 1 aromatic carbocycles. The summed E-state index contributed by atoms with van der Waals surface area (Å²) in [7, 11) is 0. The van der Waals surface area contributed by atoms with Crippen LogP contribution in [0.5, 0.6) is 0 Å². The van der Waals surface area contributed by atoms with Crippen molar-refractivity contribution >= 4 is 33.3 Å². The molecule has 2 heterocycles. The predicted molar refractivity (Wildman–Crippen MR) is 105 cm³/mol. The number of aliphatic hydroxyl groups is 1. The quantitative estimate of drug-likeness (QED) is 0.637. The average molecular weight is 370 g/mol. The van der Waals surface area contributed by atoms with Crippen molar-refractivity contribution in [2.24, 2.45) is 0 Å². The molecule has 0 aliphatic rings. The van der Waals surface area contributed by atoms with E-state index in [0.29, 0.717) is 26.1 Å². The van der Waals surface area contributed by atoms with Crippen molar-refractivity contribution in [1.29, 1.82) is 0 Å². The molecule has 0 unspecified atom stereocenters. The van der Waals surface area contributed by atoms with E-state index in [9.17, 15) is 4.79 Å². The molecule has 3 aromatic rings. The first kappa shape index (κ1) is 18.3. The Kier molecular flexibility index (Phi) is 6.14. The Bertz CT molecular complexity index is 866. The topological polar surface area (TPSA) is 78.4 Å². The molecule has 0 bridgehead atoms. The van der Waals surface area contributed by atoms with E-state index in [-0.39, 0.29) is 12.5 Å². The van der Waals surface area contributed by atoms with Gasteiger partial charge in [-0.15, -0.1) is 11.3 Å². The number of fused-ring (bicyclic) bond motifs is 1. The standard InChI is InChI=1S/C19H22N4O2S/c1-2-23(10-11-24)16(25)8-9-20-18-17-15(14-6-4-3-5-7-14)12-26-19(17)22-13-21-18/h3-7,12-13,24H,2,8-11H2,1H3,(H,20,21,22). The molecule has 0 saturated carbocycles. The van der Waals surface area contributed by atoms with Gasteiger partial charge in [-0.2, -0.15) is 0 Å². The number of aliphatic hydroxyl groups excluding tert-OH is 1. The Hall–Kier alpha value is -2.51. The summed E-state index contributed by atoms with van der Waals surface area (Å²) in [5.74, 6) is 0.765. The van der Waals surface area contributed by atoms with Gasteiger partial charge in [0.15, 0.2) is 0 Å². The number of hydrogen-bond acceptors (Lipinski definition) is 6. The zero-order valence-corrected chi connectivity index (χ0v) is 15.5. The highest BCUT2D eigenvalue weighted by Gasteiger charge is 2.14. The number of likely N-dealkylation sites (N-methyl/N-ethyl adjacent to an activating group) is 1. The summed E-state index contributed by atoms with van der Waals surface area (Å²) in [5.41, 5.74) is 2.21. The van der Waals surface area contributed by atoms with Gasteiger partial charge in [0, 0.05) is 37.0 Å². The summed E-state index contributed by atoms with van der Waals surface area (Å²) in [4.78, 5) is 23.5. The summed E-state index contributed by atoms with van der Waals surface area (Å²) >= 11 is 1.58. The van der Waals surface area contributed by atoms with E-state index in [1.54, 1.807) is 22.6 Å². The van der Waals surface area contributed by atoms with Gasteiger partial charge in [0.25, 0.3) is 0 Å². The molecule has 0 aliphatic heterocycles. The third-order valence-corrected chi connectivity index (χ3v) is 5.08. The Morgan fingerprint density at radius 3 is 2.81 bits per heavy atom. The van der Waals surface area contributed by atoms with E-state index < -0.39 is 0 Å². The maximum Gasteiger partial charge on any atom is 0.224 e. The van der Waals surface area contributed by atoms with Crippen LogP contribution in [0, 0.1) is 0 Å². The molecule has 6 nitrogen and oxygen atoms in total. The Balaban J connectivity index is 1.76. The number of aromatic nitrogens is 2. The third-order valence-electron chi connectivity index (χ3n) is 4.19. The van der Waals surface area contributed by atoms with Gasteiger partial charge in [0.05, 0.1) is 12.0 Å². The number of rotatable bonds is 8. The number of benzene rings is 1. The van der Waals surface area contributed by atoms with Gasteiger partial charge in [0.1, 0.15) is 17.0 Å². The van der Waals surface area contributed by atoms with E-state index in [0.717, 1.165) is 27.2 Å². The molecule has 136 valence electrons. The summed E-state index contributed by atoms with van der Waals surface area (Å²) in [6.07, 6.45) is 1.89. The fourth-order valence-corrected chi connectivity index (χ4v) is 3.78. The Morgan fingerprint density at radius 2 is 2.08 bits per heavy atom. The second-order valence-electron chi connectivity index (χ2n) is 5.79. The maximum atomic E-state index is 12.2. The molecule has 0 saturated heterocycles. The van der Waals surface area contributed by atoms with Crippen molar-refractivity contribution in [3.63, 3.8) is 0 Å². The van der Waals surface area contributed by atoms with Gasteiger partial charge < -0.3 is 15.3 Å². The van der Waals surface area contributed by atoms with Crippen LogP contribution in [0.1, 0.15) is 13.3 Å². The fraction of sp³-hybridized carbons (Fsp3) is 0.316. The third kappa shape index (κ3) is 4.00. The van der Waals surface area contributed by atoms with Gasteiger partial charge >= 0.3 is 0 Å². The fourth-order valence-electron chi connectivity index (χ4n) is 2.87. The largest absolute Gasteiger partial charge is 0.395 e. The highest BCUT2D eigenvalue weighted by molar-refractivity contribution is 7.17. The molecule has 0 fully saturated rings. The number of nitrogens with zero attached hydrogens (tertiary/aromatic N) is 3. The van der Waals surface area contributed by atoms with Crippen molar-refractivity contribution in [3.8, 4) is 11.1 Å². The molecule has 2 aromatic heterocycles. The first-order chi connectivity index (χ1) is 12.7. The zero-order chi connectivity index (χ0) is 18.4. The van der Waals surface area contributed by atoms with Crippen LogP contribution < -0.4 is 5.32 Å². The van der Waals surface area contributed by atoms with Gasteiger partial charge in [-0.3, -0.25) is 4.79 Å². The van der Waals surface area contributed by atoms with Crippen LogP contribution in [0.15, 0.2) is 42.0 Å². The molecule has 0 atom stereocenters. The SMILES string of the molecule is CCN(CCO)C(=O)CCNc1ncnc2scc(-c3ccccc3)c12. The number of nitrogens with one attached hydrogen (secondary N) is 1. The minimum Gasteiger partial charge on any atom is -0.395 e. The summed E-state index contributed by atoms with van der Waals surface area (Å²) in [6.45, 7) is 3.34. The molecule has 3 rings (SSSR count). The summed E-state index contributed by atoms with van der Waals surface area (Å²) < 4.78 is 0. The van der Waals surface area contributed by atoms with E-state index in [1.807, 2.05) is 25.1 Å². The van der Waals surface area contributed by atoms with Crippen LogP contribution in [-0.4, -0.2) is 52.1 Å². The molecule has 26 heavy (non-hydrogen) atoms. The van der Waals surface area contributed by atoms with Crippen molar-refractivity contribution in [3.05, 3.63) is 42.0 Å². The molecule has 7 heteroatoms. The lowest BCUT2D eigenvalue weighted by molar-refractivity contribution is -0.131. The van der Waals surface area contributed by atoms with Gasteiger partial charge in [-0.1, -0.05) is 30.3 Å². The normalized spacial score (nSPS) is 10.8. The lowest BCUT2D eigenvalue weighted by atomic mass is 10.1. The monoisotopic (exact) mass is 370 g/mol. The molecular formula is C19H22N4O2S. The van der Waals surface area contributed by atoms with Crippen LogP contribution in [0.2, 0.25) is 0 Å². The minimum atomic E-state index is -0.0190. The first-order valence-electron chi connectivity index (χ1n) is 8.64. The highest BCUT2D eigenvalue weighted by Crippen LogP contribution is 2.36. The molecule has 2 N–H and O–H groups in total. The highest BCUT2D eigenvalue weighted by atomic mass is 32.1. The molecule has 0 aliphatic carbocycles. The Morgan fingerprint density at radius 1 is 1.27 bits per heavy atom. The van der Waals surface area contributed by atoms with Crippen molar-refractivity contribution in [1.82, 2.24) is 14.9 Å². The number of thiophene rings is 1. The van der Waals surface area contributed by atoms with Gasteiger partial charge in [-0.25, -0.2) is 9.97 Å². The summed E-state index contributed by atoms with van der Waals surface area (Å²) in [6, 6.07) is 10.1.